The Morgan fingerprint density at radius 1 is 1.04 bits per heavy atom. The third-order valence-electron chi connectivity index (χ3n) is 4.93. The first-order chi connectivity index (χ1) is 13.0. The summed E-state index contributed by atoms with van der Waals surface area (Å²) >= 11 is 0. The molecule has 0 atom stereocenters. The molecule has 7 heteroatoms. The number of benzene rings is 1. The van der Waals surface area contributed by atoms with E-state index < -0.39 is 0 Å². The summed E-state index contributed by atoms with van der Waals surface area (Å²) in [6, 6.07) is 10.2. The molecule has 0 unspecified atom stereocenters. The zero-order valence-electron chi connectivity index (χ0n) is 15.6. The van der Waals surface area contributed by atoms with Crippen molar-refractivity contribution in [2.45, 2.75) is 27.3 Å². The van der Waals surface area contributed by atoms with E-state index in [0.717, 1.165) is 34.9 Å². The van der Waals surface area contributed by atoms with E-state index in [0.29, 0.717) is 0 Å². The van der Waals surface area contributed by atoms with Gasteiger partial charge in [-0.1, -0.05) is 23.4 Å². The Kier molecular flexibility index (Phi) is 4.35. The van der Waals surface area contributed by atoms with E-state index >= 15 is 0 Å². The molecule has 0 saturated heterocycles. The van der Waals surface area contributed by atoms with Crippen LogP contribution in [0.3, 0.4) is 0 Å². The maximum absolute atomic E-state index is 5.74. The quantitative estimate of drug-likeness (QED) is 0.529. The monoisotopic (exact) mass is 354 g/mol. The average molecular weight is 354 g/mol. The third kappa shape index (κ3) is 3.28. The van der Waals surface area contributed by atoms with E-state index in [2.05, 4.69) is 56.9 Å². The van der Waals surface area contributed by atoms with Crippen molar-refractivity contribution >= 4 is 7.98 Å². The van der Waals surface area contributed by atoms with Crippen LogP contribution in [0.5, 0.6) is 0 Å². The Balaban J connectivity index is 1.63. The van der Waals surface area contributed by atoms with Gasteiger partial charge in [0.15, 0.2) is 0 Å². The number of aryl methyl sites for hydroxylation is 1. The normalized spacial score (nSPS) is 11.1. The molecular formula is C20H19BN6. The van der Waals surface area contributed by atoms with Gasteiger partial charge >= 0.3 is 0 Å². The van der Waals surface area contributed by atoms with E-state index in [1.54, 1.807) is 6.20 Å². The van der Waals surface area contributed by atoms with E-state index in [1.807, 2.05) is 31.6 Å². The van der Waals surface area contributed by atoms with Crippen molar-refractivity contribution in [2.75, 3.05) is 0 Å². The maximum atomic E-state index is 5.74. The molecule has 2 radical (unpaired) electrons. The van der Waals surface area contributed by atoms with Gasteiger partial charge in [0, 0.05) is 30.2 Å². The van der Waals surface area contributed by atoms with E-state index in [1.165, 1.54) is 21.3 Å². The molecule has 0 fully saturated rings. The van der Waals surface area contributed by atoms with Gasteiger partial charge in [0.25, 0.3) is 7.98 Å². The van der Waals surface area contributed by atoms with E-state index in [-0.39, 0.29) is 0 Å². The molecule has 0 saturated carbocycles. The number of pyridine rings is 1. The van der Waals surface area contributed by atoms with Gasteiger partial charge in [-0.25, -0.2) is 4.98 Å². The molecule has 0 spiro atoms. The van der Waals surface area contributed by atoms with E-state index in [9.17, 15) is 0 Å². The molecule has 132 valence electrons. The highest BCUT2D eigenvalue weighted by Gasteiger charge is 2.11. The van der Waals surface area contributed by atoms with Gasteiger partial charge in [0.05, 0.1) is 12.0 Å². The summed E-state index contributed by atoms with van der Waals surface area (Å²) in [5.74, 6) is 0. The Hall–Kier alpha value is -3.22. The second-order valence-electron chi connectivity index (χ2n) is 6.69. The van der Waals surface area contributed by atoms with Crippen molar-refractivity contribution in [1.82, 2.24) is 29.4 Å². The van der Waals surface area contributed by atoms with Crippen LogP contribution >= 0.6 is 0 Å². The van der Waals surface area contributed by atoms with Crippen LogP contribution in [0, 0.1) is 20.8 Å². The minimum atomic E-state index is 0.746. The lowest BCUT2D eigenvalue weighted by Gasteiger charge is -2.08. The molecule has 4 rings (SSSR count). The number of hydrogen-bond acceptors (Lipinski definition) is 4. The first-order valence-electron chi connectivity index (χ1n) is 8.74. The molecule has 27 heavy (non-hydrogen) atoms. The Morgan fingerprint density at radius 2 is 1.89 bits per heavy atom. The third-order valence-corrected chi connectivity index (χ3v) is 4.93. The van der Waals surface area contributed by atoms with Crippen molar-refractivity contribution < 1.29 is 0 Å². The molecule has 0 amide bonds. The lowest BCUT2D eigenvalue weighted by atomic mass is 10.0. The standard InChI is InChI=1S/C20H19BN6/c1-13-5-4-6-17(14(13)2)10-26-11-19(23-12-26)18-9-16(7-8-22-18)20-15(3)27(21)25-24-20/h4-9,11-12H,10H2,1-3H3. The molecule has 3 aromatic heterocycles. The first kappa shape index (κ1) is 17.2. The fourth-order valence-electron chi connectivity index (χ4n) is 3.08. The SMILES string of the molecule is [B]n1nnc(-c2ccnc(-c3cn(Cc4cccc(C)c4C)cn3)c2)c1C. The van der Waals surface area contributed by atoms with Crippen LogP contribution in [0.2, 0.25) is 0 Å². The topological polar surface area (TPSA) is 61.4 Å². The Bertz CT molecular complexity index is 1110. The summed E-state index contributed by atoms with van der Waals surface area (Å²) in [5, 5.41) is 8.00. The number of aromatic nitrogens is 6. The van der Waals surface area contributed by atoms with Gasteiger partial charge in [0.1, 0.15) is 11.4 Å². The fraction of sp³-hybridized carbons (Fsp3) is 0.200. The van der Waals surface area contributed by atoms with Crippen LogP contribution < -0.4 is 0 Å². The number of imidazole rings is 1. The number of hydrogen-bond donors (Lipinski definition) is 0. The molecular weight excluding hydrogens is 335 g/mol. The van der Waals surface area contributed by atoms with Crippen LogP contribution in [0.25, 0.3) is 22.6 Å². The molecule has 4 aromatic rings. The largest absolute Gasteiger partial charge is 0.332 e. The molecule has 0 aliphatic carbocycles. The Labute approximate surface area is 159 Å². The summed E-state index contributed by atoms with van der Waals surface area (Å²) < 4.78 is 3.35. The average Bonchev–Trinajstić information content (AvgIpc) is 3.27. The smallest absolute Gasteiger partial charge is 0.267 e. The predicted octanol–water partition coefficient (Wildman–Crippen LogP) is 3.11. The van der Waals surface area contributed by atoms with Crippen molar-refractivity contribution in [3.05, 3.63) is 71.4 Å². The van der Waals surface area contributed by atoms with Gasteiger partial charge in [-0.3, -0.25) is 4.98 Å². The summed E-state index contributed by atoms with van der Waals surface area (Å²) in [6.07, 6.45) is 5.61. The molecule has 0 aliphatic rings. The predicted molar refractivity (Wildman–Crippen MR) is 105 cm³/mol. The highest BCUT2D eigenvalue weighted by Crippen LogP contribution is 2.24. The summed E-state index contributed by atoms with van der Waals surface area (Å²) in [7, 11) is 5.74. The van der Waals surface area contributed by atoms with Crippen LogP contribution in [0.1, 0.15) is 22.4 Å². The maximum Gasteiger partial charge on any atom is 0.267 e. The van der Waals surface area contributed by atoms with Crippen molar-refractivity contribution in [3.8, 4) is 22.6 Å². The van der Waals surface area contributed by atoms with Crippen molar-refractivity contribution in [1.29, 1.82) is 0 Å². The fourth-order valence-corrected chi connectivity index (χ4v) is 3.08. The molecule has 1 aromatic carbocycles. The Morgan fingerprint density at radius 3 is 2.67 bits per heavy atom. The molecule has 0 aliphatic heterocycles. The zero-order valence-corrected chi connectivity index (χ0v) is 15.6. The van der Waals surface area contributed by atoms with Crippen LogP contribution in [0.15, 0.2) is 49.1 Å². The first-order valence-corrected chi connectivity index (χ1v) is 8.74. The lowest BCUT2D eigenvalue weighted by molar-refractivity contribution is 0.791. The highest BCUT2D eigenvalue weighted by atomic mass is 15.4. The van der Waals surface area contributed by atoms with Gasteiger partial charge in [-0.15, -0.1) is 5.10 Å². The summed E-state index contributed by atoms with van der Waals surface area (Å²) in [5.41, 5.74) is 7.97. The second-order valence-corrected chi connectivity index (χ2v) is 6.69. The second kappa shape index (κ2) is 6.83. The van der Waals surface area contributed by atoms with Gasteiger partial charge in [0.2, 0.25) is 0 Å². The molecule has 0 bridgehead atoms. The summed E-state index contributed by atoms with van der Waals surface area (Å²) in [4.78, 5) is 8.99. The number of nitrogens with zero attached hydrogens (tertiary/aromatic N) is 6. The molecule has 3 heterocycles. The van der Waals surface area contributed by atoms with Crippen molar-refractivity contribution in [3.63, 3.8) is 0 Å². The van der Waals surface area contributed by atoms with Crippen LogP contribution in [-0.2, 0) is 6.54 Å². The van der Waals surface area contributed by atoms with Gasteiger partial charge in [-0.2, -0.15) is 0 Å². The molecule has 0 N–H and O–H groups in total. The number of rotatable bonds is 4. The van der Waals surface area contributed by atoms with Gasteiger partial charge in [-0.05, 0) is 49.6 Å². The molecule has 6 nitrogen and oxygen atoms in total. The van der Waals surface area contributed by atoms with Crippen LogP contribution in [-0.4, -0.2) is 37.4 Å². The van der Waals surface area contributed by atoms with E-state index in [4.69, 9.17) is 7.98 Å². The summed E-state index contributed by atoms with van der Waals surface area (Å²) in [6.45, 7) is 6.95. The van der Waals surface area contributed by atoms with Crippen molar-refractivity contribution in [2.24, 2.45) is 0 Å². The van der Waals surface area contributed by atoms with Gasteiger partial charge < -0.3 is 9.16 Å². The minimum absolute atomic E-state index is 0.746. The van der Waals surface area contributed by atoms with Crippen LogP contribution in [0.4, 0.5) is 0 Å². The zero-order chi connectivity index (χ0) is 19.0. The lowest BCUT2D eigenvalue weighted by Crippen LogP contribution is -1.99. The highest BCUT2D eigenvalue weighted by molar-refractivity contribution is 6.06. The minimum Gasteiger partial charge on any atom is -0.332 e.